The number of aliphatic imine (C=N–C) groups is 1. The van der Waals surface area contributed by atoms with Gasteiger partial charge in [-0.05, 0) is 36.2 Å². The van der Waals surface area contributed by atoms with Crippen molar-refractivity contribution in [3.05, 3.63) is 11.6 Å². The zero-order chi connectivity index (χ0) is 13.3. The van der Waals surface area contributed by atoms with Crippen molar-refractivity contribution in [1.82, 2.24) is 0 Å². The first kappa shape index (κ1) is 13.0. The number of fused-ring (bicyclic) bond motifs is 1. The third kappa shape index (κ3) is 2.25. The molecule has 0 radical (unpaired) electrons. The smallest absolute Gasteiger partial charge is 0.267 e. The van der Waals surface area contributed by atoms with Crippen LogP contribution in [0.15, 0.2) is 16.6 Å². The molecule has 3 heteroatoms. The molecule has 1 aliphatic heterocycles. The van der Waals surface area contributed by atoms with Gasteiger partial charge < -0.3 is 0 Å². The Balaban J connectivity index is 2.22. The van der Waals surface area contributed by atoms with Crippen LogP contribution in [0.2, 0.25) is 0 Å². The third-order valence-electron chi connectivity index (χ3n) is 4.60. The number of hydrogen-bond acceptors (Lipinski definition) is 2. The van der Waals surface area contributed by atoms with Gasteiger partial charge in [0.25, 0.3) is 5.91 Å². The average Bonchev–Trinajstić information content (AvgIpc) is 2.37. The topological polar surface area (TPSA) is 53.2 Å². The van der Waals surface area contributed by atoms with Crippen LogP contribution in [0.25, 0.3) is 0 Å². The number of carbonyl (C=O) groups excluding carboxylic acids is 1. The van der Waals surface area contributed by atoms with Gasteiger partial charge in [0.05, 0.1) is 6.07 Å². The monoisotopic (exact) mass is 244 g/mol. The summed E-state index contributed by atoms with van der Waals surface area (Å²) in [7, 11) is 0. The molecule has 2 rings (SSSR count). The summed E-state index contributed by atoms with van der Waals surface area (Å²) in [6.07, 6.45) is 5.93. The van der Waals surface area contributed by atoms with Crippen molar-refractivity contribution in [2.24, 2.45) is 22.2 Å². The quantitative estimate of drug-likeness (QED) is 0.748. The van der Waals surface area contributed by atoms with E-state index in [0.717, 1.165) is 37.0 Å². The maximum atomic E-state index is 11.6. The highest BCUT2D eigenvalue weighted by atomic mass is 16.1. The van der Waals surface area contributed by atoms with Gasteiger partial charge in [0.15, 0.2) is 0 Å². The fourth-order valence-electron chi connectivity index (χ4n) is 2.77. The molecule has 1 aliphatic carbocycles. The Kier molecular flexibility index (Phi) is 3.38. The summed E-state index contributed by atoms with van der Waals surface area (Å²) in [5, 5.41) is 8.94. The first-order valence-electron chi connectivity index (χ1n) is 6.70. The molecule has 2 atom stereocenters. The van der Waals surface area contributed by atoms with Crippen molar-refractivity contribution < 1.29 is 4.79 Å². The summed E-state index contributed by atoms with van der Waals surface area (Å²) in [5.41, 5.74) is 2.38. The first-order valence-corrected chi connectivity index (χ1v) is 6.70. The van der Waals surface area contributed by atoms with Crippen LogP contribution in [0.4, 0.5) is 0 Å². The second-order valence-corrected chi connectivity index (χ2v) is 5.98. The molecule has 0 aromatic carbocycles. The molecule has 96 valence electrons. The van der Waals surface area contributed by atoms with E-state index < -0.39 is 5.92 Å². The Morgan fingerprint density at radius 3 is 2.89 bits per heavy atom. The minimum absolute atomic E-state index is 0.288. The van der Waals surface area contributed by atoms with Crippen LogP contribution >= 0.6 is 0 Å². The van der Waals surface area contributed by atoms with Gasteiger partial charge in [-0.2, -0.15) is 5.26 Å². The first-order chi connectivity index (χ1) is 8.47. The van der Waals surface area contributed by atoms with Crippen molar-refractivity contribution in [2.45, 2.75) is 46.5 Å². The molecule has 0 aromatic heterocycles. The summed E-state index contributed by atoms with van der Waals surface area (Å²) >= 11 is 0. The van der Waals surface area contributed by atoms with Gasteiger partial charge in [0.2, 0.25) is 0 Å². The van der Waals surface area contributed by atoms with E-state index in [1.807, 2.05) is 12.1 Å². The molecule has 1 fully saturated rings. The maximum absolute atomic E-state index is 11.6. The van der Waals surface area contributed by atoms with E-state index in [4.69, 9.17) is 5.26 Å². The zero-order valence-corrected chi connectivity index (χ0v) is 11.4. The zero-order valence-electron chi connectivity index (χ0n) is 11.4. The summed E-state index contributed by atoms with van der Waals surface area (Å²) in [6.45, 7) is 6.83. The average molecular weight is 244 g/mol. The second-order valence-electron chi connectivity index (χ2n) is 5.98. The maximum Gasteiger partial charge on any atom is 0.267 e. The van der Waals surface area contributed by atoms with E-state index in [1.165, 1.54) is 0 Å². The van der Waals surface area contributed by atoms with Gasteiger partial charge in [0, 0.05) is 5.71 Å². The Hall–Kier alpha value is -1.43. The highest BCUT2D eigenvalue weighted by Crippen LogP contribution is 2.42. The van der Waals surface area contributed by atoms with Crippen molar-refractivity contribution in [1.29, 1.82) is 5.26 Å². The van der Waals surface area contributed by atoms with E-state index in [9.17, 15) is 4.79 Å². The van der Waals surface area contributed by atoms with E-state index in [0.29, 0.717) is 11.3 Å². The van der Waals surface area contributed by atoms with Gasteiger partial charge in [-0.1, -0.05) is 33.3 Å². The molecule has 1 saturated carbocycles. The summed E-state index contributed by atoms with van der Waals surface area (Å²) in [6, 6.07) is 2.02. The largest absolute Gasteiger partial charge is 0.271 e. The van der Waals surface area contributed by atoms with Gasteiger partial charge >= 0.3 is 0 Å². The molecule has 18 heavy (non-hydrogen) atoms. The minimum Gasteiger partial charge on any atom is -0.271 e. The van der Waals surface area contributed by atoms with Crippen LogP contribution in [-0.4, -0.2) is 11.6 Å². The number of hydrogen-bond donors (Lipinski definition) is 0. The standard InChI is InChI=1S/C15H20N2O/c1-4-15(2,3)12-5-6-13-10(8-12)7-11(9-16)14(18)17-13/h7,11-12H,4-6,8H2,1-3H3. The normalized spacial score (nSPS) is 28.0. The van der Waals surface area contributed by atoms with Crippen molar-refractivity contribution in [3.8, 4) is 6.07 Å². The molecular weight excluding hydrogens is 224 g/mol. The lowest BCUT2D eigenvalue weighted by atomic mass is 9.67. The van der Waals surface area contributed by atoms with E-state index >= 15 is 0 Å². The third-order valence-corrected chi connectivity index (χ3v) is 4.60. The molecule has 0 saturated heterocycles. The van der Waals surface area contributed by atoms with Crippen LogP contribution in [0.3, 0.4) is 0 Å². The van der Waals surface area contributed by atoms with Crippen LogP contribution in [0.5, 0.6) is 0 Å². The summed E-state index contributed by atoms with van der Waals surface area (Å²) < 4.78 is 0. The highest BCUT2D eigenvalue weighted by Gasteiger charge is 2.35. The molecule has 0 N–H and O–H groups in total. The number of amides is 1. The fourth-order valence-corrected chi connectivity index (χ4v) is 2.77. The molecular formula is C15H20N2O. The van der Waals surface area contributed by atoms with E-state index in [-0.39, 0.29) is 5.91 Å². The molecule has 0 bridgehead atoms. The summed E-state index contributed by atoms with van der Waals surface area (Å²) in [4.78, 5) is 15.6. The predicted molar refractivity (Wildman–Crippen MR) is 71.0 cm³/mol. The Morgan fingerprint density at radius 1 is 1.56 bits per heavy atom. The molecule has 0 aromatic rings. The van der Waals surface area contributed by atoms with Crippen molar-refractivity contribution in [2.75, 3.05) is 0 Å². The van der Waals surface area contributed by atoms with Gasteiger partial charge in [-0.3, -0.25) is 4.79 Å². The van der Waals surface area contributed by atoms with E-state index in [2.05, 4.69) is 25.8 Å². The lowest BCUT2D eigenvalue weighted by Crippen LogP contribution is -2.32. The molecule has 1 amide bonds. The Labute approximate surface area is 109 Å². The van der Waals surface area contributed by atoms with Crippen LogP contribution in [0.1, 0.15) is 46.5 Å². The van der Waals surface area contributed by atoms with Gasteiger partial charge in [0.1, 0.15) is 5.92 Å². The minimum atomic E-state index is -0.660. The Bertz CT molecular complexity index is 465. The lowest BCUT2D eigenvalue weighted by Gasteiger charge is -2.38. The lowest BCUT2D eigenvalue weighted by molar-refractivity contribution is -0.119. The van der Waals surface area contributed by atoms with Gasteiger partial charge in [-0.15, -0.1) is 0 Å². The fraction of sp³-hybridized carbons (Fsp3) is 0.667. The van der Waals surface area contributed by atoms with E-state index in [1.54, 1.807) is 0 Å². The highest BCUT2D eigenvalue weighted by molar-refractivity contribution is 6.10. The molecule has 0 spiro atoms. The van der Waals surface area contributed by atoms with Crippen LogP contribution in [-0.2, 0) is 4.79 Å². The number of rotatable bonds is 2. The van der Waals surface area contributed by atoms with Crippen LogP contribution < -0.4 is 0 Å². The van der Waals surface area contributed by atoms with Crippen LogP contribution in [0, 0.1) is 28.6 Å². The predicted octanol–water partition coefficient (Wildman–Crippen LogP) is 3.27. The van der Waals surface area contributed by atoms with Gasteiger partial charge in [-0.25, -0.2) is 4.99 Å². The second kappa shape index (κ2) is 4.68. The molecule has 2 aliphatic rings. The number of allylic oxidation sites excluding steroid dienone is 1. The number of carbonyl (C=O) groups is 1. The number of dihydropyridines is 1. The molecule has 3 nitrogen and oxygen atoms in total. The number of nitriles is 1. The molecule has 2 unspecified atom stereocenters. The number of nitrogens with zero attached hydrogens (tertiary/aromatic N) is 2. The SMILES string of the molecule is CCC(C)(C)C1CCC2=NC(=O)C(C#N)C=C2C1. The summed E-state index contributed by atoms with van der Waals surface area (Å²) in [5.74, 6) is -0.322. The van der Waals surface area contributed by atoms with Crippen molar-refractivity contribution >= 4 is 11.6 Å². The molecule has 1 heterocycles. The van der Waals surface area contributed by atoms with Crippen molar-refractivity contribution in [3.63, 3.8) is 0 Å². The Morgan fingerprint density at radius 2 is 2.28 bits per heavy atom.